The lowest BCUT2D eigenvalue weighted by Gasteiger charge is -2.31. The highest BCUT2D eigenvalue weighted by atomic mass is 16.2. The van der Waals surface area contributed by atoms with Crippen LogP contribution in [0.15, 0.2) is 12.2 Å². The molecule has 2 rings (SSSR count). The van der Waals surface area contributed by atoms with Crippen molar-refractivity contribution >= 4 is 5.91 Å². The minimum atomic E-state index is -0.257. The number of amides is 1. The number of hydrogen-bond donors (Lipinski definition) is 0. The van der Waals surface area contributed by atoms with Crippen molar-refractivity contribution in [2.24, 2.45) is 29.1 Å². The molecule has 0 saturated heterocycles. The lowest BCUT2D eigenvalue weighted by atomic mass is 9.89. The van der Waals surface area contributed by atoms with E-state index >= 15 is 0 Å². The minimum Gasteiger partial charge on any atom is -0.342 e. The van der Waals surface area contributed by atoms with Crippen LogP contribution in [0.3, 0.4) is 0 Å². The van der Waals surface area contributed by atoms with E-state index in [0.29, 0.717) is 11.8 Å². The zero-order chi connectivity index (χ0) is 15.6. The molecule has 3 unspecified atom stereocenters. The Hall–Kier alpha value is -0.790. The van der Waals surface area contributed by atoms with E-state index < -0.39 is 0 Å². The van der Waals surface area contributed by atoms with Gasteiger partial charge in [0.1, 0.15) is 0 Å². The molecule has 0 spiro atoms. The summed E-state index contributed by atoms with van der Waals surface area (Å²) in [7, 11) is 0. The Morgan fingerprint density at radius 1 is 1.29 bits per heavy atom. The number of rotatable bonds is 5. The van der Waals surface area contributed by atoms with E-state index in [0.717, 1.165) is 30.8 Å². The van der Waals surface area contributed by atoms with Gasteiger partial charge >= 0.3 is 0 Å². The smallest absolute Gasteiger partial charge is 0.227 e. The van der Waals surface area contributed by atoms with Crippen molar-refractivity contribution < 1.29 is 4.79 Å². The normalized spacial score (nSPS) is 28.8. The van der Waals surface area contributed by atoms with Gasteiger partial charge in [-0.15, -0.1) is 0 Å². The van der Waals surface area contributed by atoms with Gasteiger partial charge in [-0.05, 0) is 49.4 Å². The molecular formula is C19H33NO. The summed E-state index contributed by atoms with van der Waals surface area (Å²) in [6.45, 7) is 12.4. The highest BCUT2D eigenvalue weighted by Gasteiger charge is 2.44. The summed E-state index contributed by atoms with van der Waals surface area (Å²) in [4.78, 5) is 14.8. The van der Waals surface area contributed by atoms with Gasteiger partial charge in [-0.2, -0.15) is 0 Å². The molecule has 0 radical (unpaired) electrons. The maximum atomic E-state index is 12.7. The molecule has 0 bridgehead atoms. The van der Waals surface area contributed by atoms with Crippen molar-refractivity contribution in [3.8, 4) is 0 Å². The van der Waals surface area contributed by atoms with Gasteiger partial charge in [0.05, 0.1) is 0 Å². The largest absolute Gasteiger partial charge is 0.342 e. The van der Waals surface area contributed by atoms with Crippen LogP contribution in [-0.2, 0) is 4.79 Å². The second kappa shape index (κ2) is 6.54. The van der Waals surface area contributed by atoms with Gasteiger partial charge < -0.3 is 4.90 Å². The summed E-state index contributed by atoms with van der Waals surface area (Å²) in [5.74, 6) is 3.38. The molecular weight excluding hydrogens is 258 g/mol. The Morgan fingerprint density at radius 3 is 2.52 bits per heavy atom. The van der Waals surface area contributed by atoms with Crippen molar-refractivity contribution in [1.29, 1.82) is 0 Å². The number of carbonyl (C=O) groups is 1. The van der Waals surface area contributed by atoms with Crippen LogP contribution in [0, 0.1) is 29.1 Å². The molecule has 0 aromatic rings. The van der Waals surface area contributed by atoms with E-state index in [1.54, 1.807) is 0 Å². The number of allylic oxidation sites excluding steroid dienone is 2. The molecule has 2 aliphatic rings. The fourth-order valence-electron chi connectivity index (χ4n) is 3.70. The van der Waals surface area contributed by atoms with Crippen LogP contribution in [0.1, 0.15) is 60.3 Å². The fourth-order valence-corrected chi connectivity index (χ4v) is 3.70. The standard InChI is InChI=1S/C19H33NO/c1-14(2)12-20(18(21)19(3,4)5)13-16-11-17(16)15-9-7-6-8-10-15/h6-7,14-17H,8-13H2,1-5H3. The summed E-state index contributed by atoms with van der Waals surface area (Å²) in [5.41, 5.74) is -0.257. The minimum absolute atomic E-state index is 0.257. The van der Waals surface area contributed by atoms with Gasteiger partial charge in [0.25, 0.3) is 0 Å². The topological polar surface area (TPSA) is 20.3 Å². The molecule has 0 aromatic heterocycles. The first kappa shape index (κ1) is 16.6. The van der Waals surface area contributed by atoms with E-state index in [1.165, 1.54) is 25.7 Å². The first-order valence-electron chi connectivity index (χ1n) is 8.73. The lowest BCUT2D eigenvalue weighted by molar-refractivity contribution is -0.140. The van der Waals surface area contributed by atoms with Crippen LogP contribution in [-0.4, -0.2) is 23.9 Å². The Kier molecular flexibility index (Phi) is 5.16. The highest BCUT2D eigenvalue weighted by Crippen LogP contribution is 2.48. The Bertz CT molecular complexity index is 391. The zero-order valence-electron chi connectivity index (χ0n) is 14.6. The maximum absolute atomic E-state index is 12.7. The second-order valence-electron chi connectivity index (χ2n) is 8.56. The van der Waals surface area contributed by atoms with Crippen molar-refractivity contribution in [2.75, 3.05) is 13.1 Å². The fraction of sp³-hybridized carbons (Fsp3) is 0.842. The molecule has 1 saturated carbocycles. The summed E-state index contributed by atoms with van der Waals surface area (Å²) in [6.07, 6.45) is 9.89. The Morgan fingerprint density at radius 2 is 2.00 bits per heavy atom. The predicted octanol–water partition coefficient (Wildman–Crippen LogP) is 4.51. The third-order valence-electron chi connectivity index (χ3n) is 4.86. The molecule has 3 atom stereocenters. The van der Waals surface area contributed by atoms with Crippen molar-refractivity contribution in [2.45, 2.75) is 60.3 Å². The van der Waals surface area contributed by atoms with Gasteiger partial charge in [-0.1, -0.05) is 46.8 Å². The number of hydrogen-bond acceptors (Lipinski definition) is 1. The second-order valence-corrected chi connectivity index (χ2v) is 8.56. The van der Waals surface area contributed by atoms with Gasteiger partial charge in [-0.25, -0.2) is 0 Å². The SMILES string of the molecule is CC(C)CN(CC1CC1C1CC=CCC1)C(=O)C(C)(C)C. The van der Waals surface area contributed by atoms with Crippen molar-refractivity contribution in [3.05, 3.63) is 12.2 Å². The van der Waals surface area contributed by atoms with Gasteiger partial charge in [0.15, 0.2) is 0 Å². The van der Waals surface area contributed by atoms with Crippen LogP contribution in [0.4, 0.5) is 0 Å². The molecule has 0 N–H and O–H groups in total. The molecule has 21 heavy (non-hydrogen) atoms. The van der Waals surface area contributed by atoms with E-state index in [2.05, 4.69) is 30.9 Å². The summed E-state index contributed by atoms with van der Waals surface area (Å²) in [5, 5.41) is 0. The predicted molar refractivity (Wildman–Crippen MR) is 89.0 cm³/mol. The quantitative estimate of drug-likeness (QED) is 0.682. The van der Waals surface area contributed by atoms with Crippen molar-refractivity contribution in [1.82, 2.24) is 4.90 Å². The van der Waals surface area contributed by atoms with E-state index in [4.69, 9.17) is 0 Å². The number of carbonyl (C=O) groups excluding carboxylic acids is 1. The molecule has 1 fully saturated rings. The molecule has 2 nitrogen and oxygen atoms in total. The van der Waals surface area contributed by atoms with E-state index in [-0.39, 0.29) is 5.41 Å². The molecule has 0 aromatic carbocycles. The average Bonchev–Trinajstić information content (AvgIpc) is 3.16. The zero-order valence-corrected chi connectivity index (χ0v) is 14.6. The molecule has 0 aliphatic heterocycles. The van der Waals surface area contributed by atoms with Crippen LogP contribution >= 0.6 is 0 Å². The third-order valence-corrected chi connectivity index (χ3v) is 4.86. The Balaban J connectivity index is 1.91. The summed E-state index contributed by atoms with van der Waals surface area (Å²) in [6, 6.07) is 0. The molecule has 2 heteroatoms. The van der Waals surface area contributed by atoms with E-state index in [9.17, 15) is 4.79 Å². The van der Waals surface area contributed by atoms with Crippen LogP contribution < -0.4 is 0 Å². The maximum Gasteiger partial charge on any atom is 0.227 e. The summed E-state index contributed by atoms with van der Waals surface area (Å²) >= 11 is 0. The monoisotopic (exact) mass is 291 g/mol. The van der Waals surface area contributed by atoms with Crippen LogP contribution in [0.5, 0.6) is 0 Å². The van der Waals surface area contributed by atoms with Gasteiger partial charge in [-0.3, -0.25) is 4.79 Å². The summed E-state index contributed by atoms with van der Waals surface area (Å²) < 4.78 is 0. The molecule has 1 amide bonds. The van der Waals surface area contributed by atoms with Gasteiger partial charge in [0.2, 0.25) is 5.91 Å². The average molecular weight is 291 g/mol. The number of nitrogens with zero attached hydrogens (tertiary/aromatic N) is 1. The Labute approximate surface area is 131 Å². The molecule has 120 valence electrons. The highest BCUT2D eigenvalue weighted by molar-refractivity contribution is 5.81. The lowest BCUT2D eigenvalue weighted by Crippen LogP contribution is -2.42. The van der Waals surface area contributed by atoms with Gasteiger partial charge in [0, 0.05) is 18.5 Å². The van der Waals surface area contributed by atoms with Crippen molar-refractivity contribution in [3.63, 3.8) is 0 Å². The first-order valence-corrected chi connectivity index (χ1v) is 8.73. The molecule has 2 aliphatic carbocycles. The third kappa shape index (κ3) is 4.59. The first-order chi connectivity index (χ1) is 9.79. The van der Waals surface area contributed by atoms with E-state index in [1.807, 2.05) is 20.8 Å². The molecule has 0 heterocycles. The van der Waals surface area contributed by atoms with Crippen LogP contribution in [0.25, 0.3) is 0 Å². The van der Waals surface area contributed by atoms with Crippen LogP contribution in [0.2, 0.25) is 0 Å².